The van der Waals surface area contributed by atoms with Crippen molar-refractivity contribution in [3.8, 4) is 22.5 Å². The highest BCUT2D eigenvalue weighted by Gasteiger charge is 2.31. The zero-order valence-electron chi connectivity index (χ0n) is 19.8. The lowest BCUT2D eigenvalue weighted by molar-refractivity contribution is -0.130. The standard InChI is InChI=1S/C26H31FN6O/c1-3-5-11-25(34)33-18-32(23(8-4-2)24(33)16-27)17-19-12-14-20(15-13-19)21-9-6-7-10-22(21)26-28-30-31-29-26/h6-7,9-10,12-15H,3-5,8,11,16-18H2,1-2H3,(H,28,29,30,31). The fourth-order valence-electron chi connectivity index (χ4n) is 4.43. The first-order valence-corrected chi connectivity index (χ1v) is 11.9. The van der Waals surface area contributed by atoms with E-state index in [9.17, 15) is 9.18 Å². The average molecular weight is 463 g/mol. The Morgan fingerprint density at radius 1 is 1.03 bits per heavy atom. The Bertz CT molecular complexity index is 1130. The van der Waals surface area contributed by atoms with E-state index in [0.29, 0.717) is 31.2 Å². The number of allylic oxidation sites excluding steroid dienone is 2. The Balaban J connectivity index is 1.54. The predicted octanol–water partition coefficient (Wildman–Crippen LogP) is 5.31. The van der Waals surface area contributed by atoms with Crippen molar-refractivity contribution in [2.24, 2.45) is 0 Å². The highest BCUT2D eigenvalue weighted by atomic mass is 19.1. The fourth-order valence-corrected chi connectivity index (χ4v) is 4.43. The molecule has 4 rings (SSSR count). The second kappa shape index (κ2) is 11.0. The molecule has 0 atom stereocenters. The molecule has 0 saturated heterocycles. The number of benzene rings is 2. The maximum absolute atomic E-state index is 14.0. The Hall–Kier alpha value is -3.55. The van der Waals surface area contributed by atoms with Gasteiger partial charge in [0.25, 0.3) is 0 Å². The second-order valence-electron chi connectivity index (χ2n) is 8.53. The smallest absolute Gasteiger partial charge is 0.228 e. The molecule has 8 heteroatoms. The molecule has 0 bridgehead atoms. The summed E-state index contributed by atoms with van der Waals surface area (Å²) in [6.07, 6.45) is 3.89. The minimum atomic E-state index is -0.615. The summed E-state index contributed by atoms with van der Waals surface area (Å²) in [6, 6.07) is 16.3. The third kappa shape index (κ3) is 5.00. The van der Waals surface area contributed by atoms with Crippen LogP contribution >= 0.6 is 0 Å². The van der Waals surface area contributed by atoms with E-state index in [4.69, 9.17) is 0 Å². The summed E-state index contributed by atoms with van der Waals surface area (Å²) in [7, 11) is 0. The van der Waals surface area contributed by atoms with Crippen LogP contribution in [0.3, 0.4) is 0 Å². The number of hydrogen-bond donors (Lipinski definition) is 1. The summed E-state index contributed by atoms with van der Waals surface area (Å²) in [6.45, 7) is 4.57. The van der Waals surface area contributed by atoms with Gasteiger partial charge in [-0.3, -0.25) is 9.69 Å². The third-order valence-electron chi connectivity index (χ3n) is 6.18. The Morgan fingerprint density at radius 2 is 1.79 bits per heavy atom. The molecule has 0 spiro atoms. The topological polar surface area (TPSA) is 78.0 Å². The second-order valence-corrected chi connectivity index (χ2v) is 8.53. The van der Waals surface area contributed by atoms with Gasteiger partial charge < -0.3 is 4.90 Å². The van der Waals surface area contributed by atoms with E-state index in [2.05, 4.69) is 63.6 Å². The van der Waals surface area contributed by atoms with Crippen LogP contribution in [0.1, 0.15) is 51.5 Å². The van der Waals surface area contributed by atoms with Gasteiger partial charge in [-0.25, -0.2) is 9.49 Å². The average Bonchev–Trinajstić information content (AvgIpc) is 3.52. The van der Waals surface area contributed by atoms with Crippen molar-refractivity contribution in [2.75, 3.05) is 13.3 Å². The van der Waals surface area contributed by atoms with Crippen LogP contribution in [-0.2, 0) is 11.3 Å². The lowest BCUT2D eigenvalue weighted by atomic mass is 9.98. The number of carbonyl (C=O) groups excluding carboxylic acids is 1. The molecule has 0 saturated carbocycles. The normalized spacial score (nSPS) is 13.7. The summed E-state index contributed by atoms with van der Waals surface area (Å²) in [4.78, 5) is 16.5. The van der Waals surface area contributed by atoms with Crippen LogP contribution in [-0.4, -0.2) is 49.7 Å². The van der Waals surface area contributed by atoms with Gasteiger partial charge >= 0.3 is 0 Å². The highest BCUT2D eigenvalue weighted by molar-refractivity contribution is 5.80. The number of unbranched alkanes of at least 4 members (excludes halogenated alkanes) is 1. The van der Waals surface area contributed by atoms with Gasteiger partial charge in [-0.1, -0.05) is 75.2 Å². The highest BCUT2D eigenvalue weighted by Crippen LogP contribution is 2.32. The number of carbonyl (C=O) groups is 1. The molecule has 1 aromatic heterocycles. The molecule has 34 heavy (non-hydrogen) atoms. The molecule has 2 aromatic carbocycles. The SMILES string of the molecule is CCCCC(=O)N1CN(Cc2ccc(-c3ccccc3-c3nnn[nH]3)cc2)C(CCC)=C1CF. The number of rotatable bonds is 10. The Morgan fingerprint density at radius 3 is 2.44 bits per heavy atom. The maximum Gasteiger partial charge on any atom is 0.228 e. The summed E-state index contributed by atoms with van der Waals surface area (Å²) >= 11 is 0. The van der Waals surface area contributed by atoms with E-state index < -0.39 is 6.67 Å². The molecule has 1 amide bonds. The van der Waals surface area contributed by atoms with E-state index in [1.54, 1.807) is 4.90 Å². The number of aromatic amines is 1. The molecule has 1 aliphatic rings. The number of hydrogen-bond acceptors (Lipinski definition) is 5. The van der Waals surface area contributed by atoms with Crippen molar-refractivity contribution in [1.82, 2.24) is 30.4 Å². The molecule has 2 heterocycles. The number of alkyl halides is 1. The van der Waals surface area contributed by atoms with Gasteiger partial charge in [-0.15, -0.1) is 5.10 Å². The van der Waals surface area contributed by atoms with Crippen molar-refractivity contribution in [3.05, 3.63) is 65.5 Å². The number of tetrazole rings is 1. The fraction of sp³-hybridized carbons (Fsp3) is 0.385. The summed E-state index contributed by atoms with van der Waals surface area (Å²) < 4.78 is 14.0. The van der Waals surface area contributed by atoms with Gasteiger partial charge in [0.1, 0.15) is 6.67 Å². The molecule has 0 radical (unpaired) electrons. The first kappa shape index (κ1) is 23.6. The molecule has 7 nitrogen and oxygen atoms in total. The van der Waals surface area contributed by atoms with Crippen LogP contribution in [0, 0.1) is 0 Å². The molecule has 1 aliphatic heterocycles. The first-order chi connectivity index (χ1) is 16.7. The monoisotopic (exact) mass is 462 g/mol. The maximum atomic E-state index is 14.0. The van der Waals surface area contributed by atoms with Crippen molar-refractivity contribution in [3.63, 3.8) is 0 Å². The first-order valence-electron chi connectivity index (χ1n) is 11.9. The number of aromatic nitrogens is 4. The summed E-state index contributed by atoms with van der Waals surface area (Å²) in [5, 5.41) is 14.3. The zero-order valence-corrected chi connectivity index (χ0v) is 19.8. The number of nitrogens with zero attached hydrogens (tertiary/aromatic N) is 5. The number of halogens is 1. The Labute approximate surface area is 199 Å². The zero-order chi connectivity index (χ0) is 23.9. The minimum absolute atomic E-state index is 0.0134. The van der Waals surface area contributed by atoms with Crippen LogP contribution in [0.25, 0.3) is 22.5 Å². The van der Waals surface area contributed by atoms with Crippen molar-refractivity contribution in [1.29, 1.82) is 0 Å². The lowest BCUT2D eigenvalue weighted by Gasteiger charge is -2.23. The van der Waals surface area contributed by atoms with E-state index in [-0.39, 0.29) is 5.91 Å². The van der Waals surface area contributed by atoms with Crippen LogP contribution in [0.2, 0.25) is 0 Å². The van der Waals surface area contributed by atoms with E-state index in [1.165, 1.54) is 0 Å². The van der Waals surface area contributed by atoms with Crippen LogP contribution in [0.15, 0.2) is 59.9 Å². The van der Waals surface area contributed by atoms with Gasteiger partial charge in [0.15, 0.2) is 5.82 Å². The van der Waals surface area contributed by atoms with Crippen LogP contribution in [0.5, 0.6) is 0 Å². The van der Waals surface area contributed by atoms with Gasteiger partial charge in [0.2, 0.25) is 5.91 Å². The molecule has 0 fully saturated rings. The minimum Gasteiger partial charge on any atom is -0.351 e. The van der Waals surface area contributed by atoms with Crippen molar-refractivity contribution in [2.45, 2.75) is 52.5 Å². The van der Waals surface area contributed by atoms with Gasteiger partial charge in [0, 0.05) is 24.2 Å². The number of H-pyrrole nitrogens is 1. The van der Waals surface area contributed by atoms with Gasteiger partial charge in [-0.2, -0.15) is 0 Å². The van der Waals surface area contributed by atoms with Gasteiger partial charge in [0.05, 0.1) is 12.4 Å². The number of nitrogens with one attached hydrogen (secondary N) is 1. The quantitative estimate of drug-likeness (QED) is 0.442. The summed E-state index contributed by atoms with van der Waals surface area (Å²) in [5.74, 6) is 0.636. The van der Waals surface area contributed by atoms with Gasteiger partial charge in [-0.05, 0) is 40.0 Å². The van der Waals surface area contributed by atoms with E-state index >= 15 is 0 Å². The molecule has 3 aromatic rings. The van der Waals surface area contributed by atoms with Crippen LogP contribution in [0.4, 0.5) is 4.39 Å². The van der Waals surface area contributed by atoms with Crippen molar-refractivity contribution < 1.29 is 9.18 Å². The van der Waals surface area contributed by atoms with Crippen LogP contribution < -0.4 is 0 Å². The van der Waals surface area contributed by atoms with Crippen molar-refractivity contribution >= 4 is 5.91 Å². The lowest BCUT2D eigenvalue weighted by Crippen LogP contribution is -2.33. The third-order valence-corrected chi connectivity index (χ3v) is 6.18. The molecule has 0 unspecified atom stereocenters. The molecular formula is C26H31FN6O. The summed E-state index contributed by atoms with van der Waals surface area (Å²) in [5.41, 5.74) is 5.62. The molecule has 1 N–H and O–H groups in total. The Kier molecular flexibility index (Phi) is 7.67. The largest absolute Gasteiger partial charge is 0.351 e. The molecular weight excluding hydrogens is 431 g/mol. The predicted molar refractivity (Wildman–Crippen MR) is 130 cm³/mol. The van der Waals surface area contributed by atoms with E-state index in [1.807, 2.05) is 24.3 Å². The number of amides is 1. The molecule has 0 aliphatic carbocycles. The van der Waals surface area contributed by atoms with E-state index in [0.717, 1.165) is 53.6 Å². The molecule has 178 valence electrons.